The van der Waals surface area contributed by atoms with Gasteiger partial charge in [-0.05, 0) is 47.9 Å². The number of aliphatic carboxylic acids is 1. The van der Waals surface area contributed by atoms with Crippen molar-refractivity contribution in [3.05, 3.63) is 36.2 Å². The SMILES string of the molecule is O=C(O)C1CCCCN1C(=O)c1cccc(-n2cnnn2)c1. The van der Waals surface area contributed by atoms with Crippen molar-refractivity contribution in [3.63, 3.8) is 0 Å². The van der Waals surface area contributed by atoms with Crippen molar-refractivity contribution in [2.24, 2.45) is 0 Å². The first-order valence-electron chi connectivity index (χ1n) is 7.04. The molecule has 0 radical (unpaired) electrons. The average molecular weight is 301 g/mol. The number of hydrogen-bond donors (Lipinski definition) is 1. The van der Waals surface area contributed by atoms with Crippen LogP contribution < -0.4 is 0 Å². The Hall–Kier alpha value is -2.77. The number of tetrazole rings is 1. The minimum atomic E-state index is -0.954. The van der Waals surface area contributed by atoms with Gasteiger partial charge in [-0.15, -0.1) is 5.10 Å². The maximum atomic E-state index is 12.6. The van der Waals surface area contributed by atoms with Crippen molar-refractivity contribution < 1.29 is 14.7 Å². The molecule has 8 nitrogen and oxygen atoms in total. The molecular formula is C14H15N5O3. The van der Waals surface area contributed by atoms with Crippen molar-refractivity contribution >= 4 is 11.9 Å². The summed E-state index contributed by atoms with van der Waals surface area (Å²) in [6.45, 7) is 0.463. The number of nitrogens with zero attached hydrogens (tertiary/aromatic N) is 5. The Bertz CT molecular complexity index is 686. The molecular weight excluding hydrogens is 286 g/mol. The van der Waals surface area contributed by atoms with E-state index in [1.165, 1.54) is 15.9 Å². The van der Waals surface area contributed by atoms with E-state index >= 15 is 0 Å². The van der Waals surface area contributed by atoms with E-state index in [9.17, 15) is 14.7 Å². The van der Waals surface area contributed by atoms with Gasteiger partial charge in [0.15, 0.2) is 0 Å². The number of aromatic nitrogens is 4. The highest BCUT2D eigenvalue weighted by molar-refractivity contribution is 5.97. The molecule has 1 aromatic heterocycles. The molecule has 0 aliphatic carbocycles. The standard InChI is InChI=1S/C14H15N5O3/c20-13(18-7-2-1-6-12(18)14(21)22)10-4-3-5-11(8-10)19-9-15-16-17-19/h3-5,8-9,12H,1-2,6-7H2,(H,21,22). The first-order valence-corrected chi connectivity index (χ1v) is 7.04. The highest BCUT2D eigenvalue weighted by Crippen LogP contribution is 2.21. The number of amides is 1. The second-order valence-electron chi connectivity index (χ2n) is 5.15. The molecule has 22 heavy (non-hydrogen) atoms. The zero-order valence-electron chi connectivity index (χ0n) is 11.8. The molecule has 2 heterocycles. The molecule has 1 aliphatic rings. The largest absolute Gasteiger partial charge is 0.480 e. The Morgan fingerprint density at radius 2 is 2.14 bits per heavy atom. The second kappa shape index (κ2) is 5.92. The van der Waals surface area contributed by atoms with Gasteiger partial charge in [0.2, 0.25) is 0 Å². The summed E-state index contributed by atoms with van der Waals surface area (Å²) in [6, 6.07) is 6.08. The monoisotopic (exact) mass is 301 g/mol. The number of rotatable bonds is 3. The molecule has 1 unspecified atom stereocenters. The van der Waals surface area contributed by atoms with Crippen LogP contribution in [0.25, 0.3) is 5.69 Å². The molecule has 1 aliphatic heterocycles. The van der Waals surface area contributed by atoms with Crippen molar-refractivity contribution in [1.82, 2.24) is 25.1 Å². The fraction of sp³-hybridized carbons (Fsp3) is 0.357. The van der Waals surface area contributed by atoms with Gasteiger partial charge in [-0.2, -0.15) is 0 Å². The van der Waals surface area contributed by atoms with Crippen LogP contribution in [-0.2, 0) is 4.79 Å². The third-order valence-corrected chi connectivity index (χ3v) is 3.76. The van der Waals surface area contributed by atoms with Crippen LogP contribution in [0.1, 0.15) is 29.6 Å². The number of benzene rings is 1. The summed E-state index contributed by atoms with van der Waals surface area (Å²) in [4.78, 5) is 25.4. The van der Waals surface area contributed by atoms with Gasteiger partial charge in [-0.25, -0.2) is 9.48 Å². The van der Waals surface area contributed by atoms with Crippen LogP contribution in [-0.4, -0.2) is 54.7 Å². The zero-order chi connectivity index (χ0) is 15.5. The van der Waals surface area contributed by atoms with Gasteiger partial charge in [0.25, 0.3) is 5.91 Å². The lowest BCUT2D eigenvalue weighted by molar-refractivity contribution is -0.143. The van der Waals surface area contributed by atoms with E-state index in [-0.39, 0.29) is 5.91 Å². The van der Waals surface area contributed by atoms with Gasteiger partial charge < -0.3 is 10.0 Å². The predicted octanol–water partition coefficient (Wildman–Crippen LogP) is 0.742. The van der Waals surface area contributed by atoms with Crippen molar-refractivity contribution in [1.29, 1.82) is 0 Å². The summed E-state index contributed by atoms with van der Waals surface area (Å²) in [5, 5.41) is 20.2. The van der Waals surface area contributed by atoms with Crippen LogP contribution >= 0.6 is 0 Å². The fourth-order valence-electron chi connectivity index (χ4n) is 2.66. The van der Waals surface area contributed by atoms with Gasteiger partial charge in [0.1, 0.15) is 12.4 Å². The maximum absolute atomic E-state index is 12.6. The smallest absolute Gasteiger partial charge is 0.326 e. The number of carboxylic acids is 1. The third kappa shape index (κ3) is 2.67. The van der Waals surface area contributed by atoms with Crippen molar-refractivity contribution in [2.75, 3.05) is 6.54 Å². The van der Waals surface area contributed by atoms with E-state index in [1.54, 1.807) is 24.3 Å². The van der Waals surface area contributed by atoms with E-state index in [0.717, 1.165) is 12.8 Å². The molecule has 1 saturated heterocycles. The molecule has 1 N–H and O–H groups in total. The zero-order valence-corrected chi connectivity index (χ0v) is 11.8. The van der Waals surface area contributed by atoms with Crippen molar-refractivity contribution in [2.45, 2.75) is 25.3 Å². The van der Waals surface area contributed by atoms with Crippen LogP contribution in [0.3, 0.4) is 0 Å². The Kier molecular flexibility index (Phi) is 3.82. The Morgan fingerprint density at radius 1 is 1.27 bits per heavy atom. The lowest BCUT2D eigenvalue weighted by Crippen LogP contribution is -2.48. The number of hydrogen-bond acceptors (Lipinski definition) is 5. The number of likely N-dealkylation sites (tertiary alicyclic amines) is 1. The van der Waals surface area contributed by atoms with Crippen molar-refractivity contribution in [3.8, 4) is 5.69 Å². The normalized spacial score (nSPS) is 18.2. The van der Waals surface area contributed by atoms with Gasteiger partial charge in [-0.3, -0.25) is 4.79 Å². The van der Waals surface area contributed by atoms with E-state index in [1.807, 2.05) is 0 Å². The van der Waals surface area contributed by atoms with E-state index in [0.29, 0.717) is 24.2 Å². The quantitative estimate of drug-likeness (QED) is 0.897. The average Bonchev–Trinajstić information content (AvgIpc) is 3.09. The van der Waals surface area contributed by atoms with Gasteiger partial charge in [0.05, 0.1) is 5.69 Å². The summed E-state index contributed by atoms with van der Waals surface area (Å²) in [7, 11) is 0. The first kappa shape index (κ1) is 14.2. The van der Waals surface area contributed by atoms with Gasteiger partial charge in [0, 0.05) is 12.1 Å². The molecule has 3 rings (SSSR count). The van der Waals surface area contributed by atoms with Crippen LogP contribution in [0.4, 0.5) is 0 Å². The first-order chi connectivity index (χ1) is 10.7. The highest BCUT2D eigenvalue weighted by Gasteiger charge is 2.32. The summed E-state index contributed by atoms with van der Waals surface area (Å²) < 4.78 is 1.45. The third-order valence-electron chi connectivity index (χ3n) is 3.76. The number of carboxylic acid groups (broad SMARTS) is 1. The maximum Gasteiger partial charge on any atom is 0.326 e. The van der Waals surface area contributed by atoms with Crippen LogP contribution in [0.15, 0.2) is 30.6 Å². The second-order valence-corrected chi connectivity index (χ2v) is 5.15. The number of piperidine rings is 1. The van der Waals surface area contributed by atoms with Gasteiger partial charge in [-0.1, -0.05) is 6.07 Å². The van der Waals surface area contributed by atoms with Crippen LogP contribution in [0, 0.1) is 0 Å². The minimum Gasteiger partial charge on any atom is -0.480 e. The Labute approximate surface area is 126 Å². The molecule has 1 amide bonds. The topological polar surface area (TPSA) is 101 Å². The molecule has 1 atom stereocenters. The highest BCUT2D eigenvalue weighted by atomic mass is 16.4. The molecule has 0 saturated carbocycles. The minimum absolute atomic E-state index is 0.276. The van der Waals surface area contributed by atoms with Gasteiger partial charge >= 0.3 is 5.97 Å². The Balaban J connectivity index is 1.88. The molecule has 114 valence electrons. The number of carbonyl (C=O) groups is 2. The predicted molar refractivity (Wildman–Crippen MR) is 75.5 cm³/mol. The molecule has 0 bridgehead atoms. The van der Waals surface area contributed by atoms with E-state index in [2.05, 4.69) is 15.5 Å². The van der Waals surface area contributed by atoms with E-state index in [4.69, 9.17) is 0 Å². The molecule has 8 heteroatoms. The summed E-state index contributed by atoms with van der Waals surface area (Å²) >= 11 is 0. The summed E-state index contributed by atoms with van der Waals surface area (Å²) in [5.41, 5.74) is 1.08. The lowest BCUT2D eigenvalue weighted by Gasteiger charge is -2.33. The Morgan fingerprint density at radius 3 is 2.86 bits per heavy atom. The molecule has 0 spiro atoms. The fourth-order valence-corrected chi connectivity index (χ4v) is 2.66. The number of carbonyl (C=O) groups excluding carboxylic acids is 1. The van der Waals surface area contributed by atoms with E-state index < -0.39 is 12.0 Å². The van der Waals surface area contributed by atoms with Crippen LogP contribution in [0.2, 0.25) is 0 Å². The summed E-state index contributed by atoms with van der Waals surface area (Å²) in [6.07, 6.45) is 3.58. The molecule has 2 aromatic rings. The summed E-state index contributed by atoms with van der Waals surface area (Å²) in [5.74, 6) is -1.23. The lowest BCUT2D eigenvalue weighted by atomic mass is 10.0. The molecule has 1 aromatic carbocycles. The molecule has 1 fully saturated rings. The van der Waals surface area contributed by atoms with Crippen LogP contribution in [0.5, 0.6) is 0 Å².